The first-order chi connectivity index (χ1) is 20.1. The fourth-order valence-corrected chi connectivity index (χ4v) is 5.26. The number of aromatic nitrogens is 4. The summed E-state index contributed by atoms with van der Waals surface area (Å²) in [5.41, 5.74) is -1.86. The van der Waals surface area contributed by atoms with Gasteiger partial charge in [0.2, 0.25) is 11.5 Å². The number of ether oxygens (including phenoxy) is 1. The van der Waals surface area contributed by atoms with Crippen LogP contribution >= 0.6 is 0 Å². The molecule has 13 nitrogen and oxygen atoms in total. The molecule has 2 aromatic carbocycles. The zero-order chi connectivity index (χ0) is 29.8. The SMILES string of the molecule is CC(C)(C)Nc1ncnc2c1ncn2[C@]1(C(=O)c2ccccc2)O[C@H](CO)[C@@H](O)[C@H]1ON1C(=O)c2ccccc2C1=O. The minimum Gasteiger partial charge on any atom is -0.394 e. The molecule has 3 N–H and O–H groups in total. The molecule has 2 aliphatic rings. The van der Waals surface area contributed by atoms with E-state index in [1.807, 2.05) is 20.8 Å². The molecule has 0 bridgehead atoms. The van der Waals surface area contributed by atoms with Crippen molar-refractivity contribution in [2.45, 2.75) is 50.3 Å². The maximum Gasteiger partial charge on any atom is 0.285 e. The lowest BCUT2D eigenvalue weighted by Gasteiger charge is -2.35. The lowest BCUT2D eigenvalue weighted by molar-refractivity contribution is -0.201. The van der Waals surface area contributed by atoms with Gasteiger partial charge in [0.25, 0.3) is 11.8 Å². The molecular weight excluding hydrogens is 544 g/mol. The summed E-state index contributed by atoms with van der Waals surface area (Å²) in [6.45, 7) is 5.11. The largest absolute Gasteiger partial charge is 0.394 e. The highest BCUT2D eigenvalue weighted by molar-refractivity contribution is 6.20. The number of aliphatic hydroxyl groups excluding tert-OH is 2. The highest BCUT2D eigenvalue weighted by Crippen LogP contribution is 2.43. The van der Waals surface area contributed by atoms with Gasteiger partial charge in [-0.15, -0.1) is 5.06 Å². The number of rotatable bonds is 7. The average molecular weight is 573 g/mol. The number of fused-ring (bicyclic) bond motifs is 2. The van der Waals surface area contributed by atoms with Gasteiger partial charge in [0.05, 0.1) is 17.7 Å². The first-order valence-corrected chi connectivity index (χ1v) is 13.2. The predicted octanol–water partition coefficient (Wildman–Crippen LogP) is 1.92. The first kappa shape index (κ1) is 27.6. The summed E-state index contributed by atoms with van der Waals surface area (Å²) in [5, 5.41) is 25.3. The van der Waals surface area contributed by atoms with E-state index in [2.05, 4.69) is 20.3 Å². The Bertz CT molecular complexity index is 1670. The van der Waals surface area contributed by atoms with E-state index in [-0.39, 0.29) is 27.9 Å². The minimum absolute atomic E-state index is 0.105. The number of ketones is 1. The van der Waals surface area contributed by atoms with Crippen molar-refractivity contribution in [2.75, 3.05) is 11.9 Å². The van der Waals surface area contributed by atoms with Crippen molar-refractivity contribution in [3.63, 3.8) is 0 Å². The number of hydrogen-bond acceptors (Lipinski definition) is 11. The van der Waals surface area contributed by atoms with Crippen molar-refractivity contribution >= 4 is 34.6 Å². The maximum atomic E-state index is 14.5. The minimum atomic E-state index is -2.27. The highest BCUT2D eigenvalue weighted by Gasteiger charge is 2.64. The summed E-state index contributed by atoms with van der Waals surface area (Å²) < 4.78 is 7.50. The highest BCUT2D eigenvalue weighted by atomic mass is 16.7. The normalized spacial score (nSPS) is 23.9. The second-order valence-electron chi connectivity index (χ2n) is 11.1. The van der Waals surface area contributed by atoms with Gasteiger partial charge in [0, 0.05) is 11.1 Å². The summed E-state index contributed by atoms with van der Waals surface area (Å²) >= 11 is 0. The smallest absolute Gasteiger partial charge is 0.285 e. The maximum absolute atomic E-state index is 14.5. The molecule has 1 fully saturated rings. The van der Waals surface area contributed by atoms with Crippen molar-refractivity contribution in [2.24, 2.45) is 0 Å². The van der Waals surface area contributed by atoms with Gasteiger partial charge in [-0.25, -0.2) is 15.0 Å². The third-order valence-corrected chi connectivity index (χ3v) is 7.11. The molecule has 0 radical (unpaired) electrons. The third-order valence-electron chi connectivity index (χ3n) is 7.11. The lowest BCUT2D eigenvalue weighted by Crippen LogP contribution is -2.55. The molecule has 0 saturated carbocycles. The molecular formula is C29H28N6O7. The number of hydrogen-bond donors (Lipinski definition) is 3. The van der Waals surface area contributed by atoms with Crippen molar-refractivity contribution in [1.82, 2.24) is 24.6 Å². The van der Waals surface area contributed by atoms with Crippen LogP contribution in [0.3, 0.4) is 0 Å². The standard InChI is InChI=1S/C29H28N6O7/c1-28(2,3)33-24-20-25(31-14-30-24)34(15-32-20)29(22(38)16-9-5-4-6-10-16)23(21(37)19(13-36)41-29)42-35-26(39)17-11-7-8-12-18(17)27(35)40/h4-12,14-15,19,21,23,36-37H,13H2,1-3H3,(H,30,31,33)/t19-,21-,23-,29-/m1/s1. The number of carbonyl (C=O) groups is 3. The Morgan fingerprint density at radius 1 is 1.02 bits per heavy atom. The number of anilines is 1. The third kappa shape index (κ3) is 4.25. The second kappa shape index (κ2) is 10.1. The predicted molar refractivity (Wildman–Crippen MR) is 147 cm³/mol. The summed E-state index contributed by atoms with van der Waals surface area (Å²) in [7, 11) is 0. The Morgan fingerprint density at radius 2 is 1.67 bits per heavy atom. The zero-order valence-corrected chi connectivity index (χ0v) is 23.0. The van der Waals surface area contributed by atoms with E-state index < -0.39 is 53.8 Å². The van der Waals surface area contributed by atoms with Crippen LogP contribution in [0.25, 0.3) is 11.2 Å². The van der Waals surface area contributed by atoms with E-state index in [1.54, 1.807) is 42.5 Å². The fourth-order valence-electron chi connectivity index (χ4n) is 5.26. The molecule has 0 unspecified atom stereocenters. The Balaban J connectivity index is 1.55. The van der Waals surface area contributed by atoms with E-state index in [1.165, 1.54) is 29.4 Å². The van der Waals surface area contributed by atoms with Gasteiger partial charge in [0.15, 0.2) is 23.1 Å². The number of nitrogens with one attached hydrogen (secondary N) is 1. The van der Waals surface area contributed by atoms with Gasteiger partial charge in [-0.3, -0.25) is 23.8 Å². The van der Waals surface area contributed by atoms with Crippen LogP contribution < -0.4 is 5.32 Å². The molecule has 4 heterocycles. The molecule has 2 aliphatic heterocycles. The fraction of sp³-hybridized carbons (Fsp3) is 0.310. The van der Waals surface area contributed by atoms with Gasteiger partial charge >= 0.3 is 0 Å². The van der Waals surface area contributed by atoms with Gasteiger partial charge in [-0.2, -0.15) is 0 Å². The molecule has 42 heavy (non-hydrogen) atoms. The Labute approximate surface area is 239 Å². The van der Waals surface area contributed by atoms with E-state index in [0.29, 0.717) is 10.9 Å². The number of imide groups is 1. The van der Waals surface area contributed by atoms with Crippen LogP contribution in [0.1, 0.15) is 51.8 Å². The molecule has 2 aromatic heterocycles. The summed E-state index contributed by atoms with van der Waals surface area (Å²) in [6, 6.07) is 14.3. The number of amides is 2. The number of benzene rings is 2. The van der Waals surface area contributed by atoms with Crippen molar-refractivity contribution in [3.05, 3.63) is 83.9 Å². The Morgan fingerprint density at radius 3 is 2.29 bits per heavy atom. The molecule has 4 aromatic rings. The van der Waals surface area contributed by atoms with E-state index >= 15 is 0 Å². The average Bonchev–Trinajstić information content (AvgIpc) is 3.61. The first-order valence-electron chi connectivity index (χ1n) is 13.2. The van der Waals surface area contributed by atoms with E-state index in [0.717, 1.165) is 0 Å². The Hall–Kier alpha value is -4.56. The molecule has 2 amide bonds. The molecule has 0 aliphatic carbocycles. The van der Waals surface area contributed by atoms with E-state index in [9.17, 15) is 24.6 Å². The van der Waals surface area contributed by atoms with Crippen molar-refractivity contribution in [3.8, 4) is 0 Å². The molecule has 216 valence electrons. The van der Waals surface area contributed by atoms with Crippen molar-refractivity contribution < 1.29 is 34.2 Å². The van der Waals surface area contributed by atoms with Gasteiger partial charge in [-0.1, -0.05) is 42.5 Å². The van der Waals surface area contributed by atoms with Crippen LogP contribution in [0.2, 0.25) is 0 Å². The van der Waals surface area contributed by atoms with Crippen molar-refractivity contribution in [1.29, 1.82) is 0 Å². The number of imidazole rings is 1. The number of aliphatic hydroxyl groups is 2. The van der Waals surface area contributed by atoms with E-state index in [4.69, 9.17) is 9.57 Å². The van der Waals surface area contributed by atoms with Crippen LogP contribution in [0, 0.1) is 0 Å². The number of nitrogens with zero attached hydrogens (tertiary/aromatic N) is 5. The Kier molecular flexibility index (Phi) is 6.61. The van der Waals surface area contributed by atoms with Crippen LogP contribution in [-0.2, 0) is 15.3 Å². The number of carbonyl (C=O) groups excluding carboxylic acids is 3. The van der Waals surface area contributed by atoms with Crippen LogP contribution in [0.5, 0.6) is 0 Å². The van der Waals surface area contributed by atoms with Gasteiger partial charge in [0.1, 0.15) is 24.9 Å². The number of hydroxylamine groups is 2. The lowest BCUT2D eigenvalue weighted by atomic mass is 9.93. The molecule has 4 atom stereocenters. The van der Waals surface area contributed by atoms with Gasteiger partial charge in [-0.05, 0) is 32.9 Å². The van der Waals surface area contributed by atoms with Crippen LogP contribution in [-0.4, -0.2) is 82.9 Å². The summed E-state index contributed by atoms with van der Waals surface area (Å²) in [5.74, 6) is -1.86. The molecule has 6 rings (SSSR count). The summed E-state index contributed by atoms with van der Waals surface area (Å²) in [4.78, 5) is 60.1. The monoisotopic (exact) mass is 572 g/mol. The molecule has 0 spiro atoms. The summed E-state index contributed by atoms with van der Waals surface area (Å²) in [6.07, 6.45) is -2.15. The molecule has 1 saturated heterocycles. The molecule has 13 heteroatoms. The van der Waals surface area contributed by atoms with Crippen LogP contribution in [0.4, 0.5) is 5.82 Å². The quantitative estimate of drug-likeness (QED) is 0.218. The zero-order valence-electron chi connectivity index (χ0n) is 23.0. The van der Waals surface area contributed by atoms with Crippen LogP contribution in [0.15, 0.2) is 67.3 Å². The number of Topliss-reactive ketones (excluding diaryl/α,β-unsaturated/α-hetero) is 1. The topological polar surface area (TPSA) is 169 Å². The van der Waals surface area contributed by atoms with Gasteiger partial charge < -0.3 is 20.3 Å². The second-order valence-corrected chi connectivity index (χ2v) is 11.1.